The summed E-state index contributed by atoms with van der Waals surface area (Å²) in [6, 6.07) is 14.4. The van der Waals surface area contributed by atoms with E-state index >= 15 is 0 Å². The maximum Gasteiger partial charge on any atom is 0.346 e. The van der Waals surface area contributed by atoms with E-state index in [2.05, 4.69) is 0 Å². The first-order chi connectivity index (χ1) is 18.1. The van der Waals surface area contributed by atoms with Gasteiger partial charge in [0.2, 0.25) is 0 Å². The van der Waals surface area contributed by atoms with Gasteiger partial charge in [-0.2, -0.15) is 0 Å². The van der Waals surface area contributed by atoms with Crippen LogP contribution in [0.25, 0.3) is 5.57 Å². The Kier molecular flexibility index (Phi) is 8.34. The number of fused-ring (bicyclic) bond motifs is 1. The average molecular weight is 570 g/mol. The molecule has 2 aromatic carbocycles. The number of hydrogen-bond donors (Lipinski definition) is 0. The number of amides is 1. The molecule has 0 atom stereocenters. The molecule has 0 aliphatic carbocycles. The number of carbonyl (C=O) groups excluding carboxylic acids is 3. The zero-order valence-electron chi connectivity index (χ0n) is 21.7. The van der Waals surface area contributed by atoms with Crippen molar-refractivity contribution in [3.05, 3.63) is 73.7 Å². The topological polar surface area (TPSA) is 82.1 Å². The van der Waals surface area contributed by atoms with Crippen molar-refractivity contribution in [1.29, 1.82) is 0 Å². The SMILES string of the molecule is CCOC(=O)C1=C(C(=O)OCC)SC(=C2C(=S)C(C)(C)N(C(=O)c3ccc(OC)cc3)c3ccccc32)S1. The summed E-state index contributed by atoms with van der Waals surface area (Å²) in [5, 5.41) is 0. The maximum atomic E-state index is 13.8. The highest BCUT2D eigenvalue weighted by atomic mass is 32.2. The summed E-state index contributed by atoms with van der Waals surface area (Å²) in [6.45, 7) is 7.54. The van der Waals surface area contributed by atoms with E-state index in [0.717, 1.165) is 29.1 Å². The first kappa shape index (κ1) is 27.9. The van der Waals surface area contributed by atoms with Crippen LogP contribution in [-0.4, -0.2) is 48.6 Å². The molecule has 2 aliphatic heterocycles. The number of thioether (sulfide) groups is 2. The van der Waals surface area contributed by atoms with Gasteiger partial charge in [-0.05, 0) is 58.0 Å². The molecule has 7 nitrogen and oxygen atoms in total. The summed E-state index contributed by atoms with van der Waals surface area (Å²) in [4.78, 5) is 41.9. The highest BCUT2D eigenvalue weighted by Gasteiger charge is 2.46. The summed E-state index contributed by atoms with van der Waals surface area (Å²) in [6.07, 6.45) is 0. The number of para-hydroxylation sites is 1. The van der Waals surface area contributed by atoms with Gasteiger partial charge in [0.05, 0.1) is 40.7 Å². The lowest BCUT2D eigenvalue weighted by atomic mass is 9.83. The summed E-state index contributed by atoms with van der Waals surface area (Å²) in [5.74, 6) is -0.732. The number of carbonyl (C=O) groups is 3. The number of ether oxygens (including phenoxy) is 3. The van der Waals surface area contributed by atoms with Gasteiger partial charge in [-0.25, -0.2) is 9.59 Å². The average Bonchev–Trinajstić information content (AvgIpc) is 3.35. The fourth-order valence-corrected chi connectivity index (χ4v) is 7.19. The fraction of sp³-hybridized carbons (Fsp3) is 0.286. The normalized spacial score (nSPS) is 16.3. The Morgan fingerprint density at radius 2 is 1.45 bits per heavy atom. The third-order valence-corrected chi connectivity index (χ3v) is 9.28. The molecule has 1 amide bonds. The zero-order valence-corrected chi connectivity index (χ0v) is 24.1. The van der Waals surface area contributed by atoms with E-state index in [4.69, 9.17) is 26.4 Å². The summed E-state index contributed by atoms with van der Waals surface area (Å²) in [5.41, 5.74) is 1.71. The predicted molar refractivity (Wildman–Crippen MR) is 155 cm³/mol. The number of nitrogens with zero attached hydrogens (tertiary/aromatic N) is 1. The van der Waals surface area contributed by atoms with Crippen LogP contribution in [0.3, 0.4) is 0 Å². The summed E-state index contributed by atoms with van der Waals surface area (Å²) in [7, 11) is 1.57. The van der Waals surface area contributed by atoms with Crippen molar-refractivity contribution in [1.82, 2.24) is 0 Å². The molecule has 198 valence electrons. The smallest absolute Gasteiger partial charge is 0.346 e. The van der Waals surface area contributed by atoms with E-state index < -0.39 is 17.5 Å². The molecule has 38 heavy (non-hydrogen) atoms. The molecule has 10 heteroatoms. The molecule has 0 saturated heterocycles. The van der Waals surface area contributed by atoms with Crippen LogP contribution in [0.1, 0.15) is 43.6 Å². The van der Waals surface area contributed by atoms with Gasteiger partial charge in [0, 0.05) is 16.7 Å². The molecule has 4 rings (SSSR count). The molecule has 2 aromatic rings. The van der Waals surface area contributed by atoms with E-state index in [1.54, 1.807) is 50.1 Å². The van der Waals surface area contributed by atoms with Gasteiger partial charge in [-0.3, -0.25) is 9.69 Å². The van der Waals surface area contributed by atoms with Gasteiger partial charge < -0.3 is 14.2 Å². The zero-order chi connectivity index (χ0) is 27.6. The minimum atomic E-state index is -0.902. The number of hydrogen-bond acceptors (Lipinski definition) is 9. The van der Waals surface area contributed by atoms with Gasteiger partial charge in [-0.1, -0.05) is 53.9 Å². The molecular weight excluding hydrogens is 543 g/mol. The monoisotopic (exact) mass is 569 g/mol. The van der Waals surface area contributed by atoms with E-state index in [0.29, 0.717) is 31.7 Å². The van der Waals surface area contributed by atoms with Crippen LogP contribution >= 0.6 is 35.7 Å². The van der Waals surface area contributed by atoms with E-state index in [-0.39, 0.29) is 28.9 Å². The molecule has 0 N–H and O–H groups in total. The largest absolute Gasteiger partial charge is 0.497 e. The molecule has 2 aliphatic rings. The molecule has 2 heterocycles. The van der Waals surface area contributed by atoms with Crippen LogP contribution in [-0.2, 0) is 19.1 Å². The lowest BCUT2D eigenvalue weighted by Crippen LogP contribution is -2.55. The van der Waals surface area contributed by atoms with Gasteiger partial charge >= 0.3 is 11.9 Å². The van der Waals surface area contributed by atoms with Crippen LogP contribution in [0.2, 0.25) is 0 Å². The van der Waals surface area contributed by atoms with Crippen LogP contribution in [0.5, 0.6) is 5.75 Å². The molecule has 0 aromatic heterocycles. The van der Waals surface area contributed by atoms with Crippen molar-refractivity contribution in [2.45, 2.75) is 33.2 Å². The Hall–Kier alpha value is -3.08. The van der Waals surface area contributed by atoms with E-state index in [9.17, 15) is 14.4 Å². The van der Waals surface area contributed by atoms with Crippen molar-refractivity contribution in [2.75, 3.05) is 25.2 Å². The van der Waals surface area contributed by atoms with Crippen molar-refractivity contribution >= 4 is 69.7 Å². The number of esters is 2. The minimum Gasteiger partial charge on any atom is -0.497 e. The molecular formula is C28H27NO6S3. The van der Waals surface area contributed by atoms with Crippen LogP contribution in [0.4, 0.5) is 5.69 Å². The number of anilines is 1. The predicted octanol–water partition coefficient (Wildman–Crippen LogP) is 5.99. The molecule has 0 radical (unpaired) electrons. The Morgan fingerprint density at radius 3 is 1.97 bits per heavy atom. The lowest BCUT2D eigenvalue weighted by Gasteiger charge is -2.45. The van der Waals surface area contributed by atoms with Gasteiger partial charge in [0.15, 0.2) is 0 Å². The quantitative estimate of drug-likeness (QED) is 0.237. The summed E-state index contributed by atoms with van der Waals surface area (Å²) < 4.78 is 16.3. The maximum absolute atomic E-state index is 13.8. The third-order valence-electron chi connectivity index (χ3n) is 6.02. The van der Waals surface area contributed by atoms with E-state index in [1.165, 1.54) is 0 Å². The second-order valence-corrected chi connectivity index (χ2v) is 11.4. The number of rotatable bonds is 6. The number of methoxy groups -OCH3 is 1. The number of thiocarbonyl (C=S) groups is 1. The van der Waals surface area contributed by atoms with E-state index in [1.807, 2.05) is 38.1 Å². The second kappa shape index (κ2) is 11.3. The molecule has 0 unspecified atom stereocenters. The Morgan fingerprint density at radius 1 is 0.895 bits per heavy atom. The molecule has 0 fully saturated rings. The molecule has 0 bridgehead atoms. The summed E-state index contributed by atoms with van der Waals surface area (Å²) >= 11 is 8.32. The lowest BCUT2D eigenvalue weighted by molar-refractivity contribution is -0.140. The Balaban J connectivity index is 1.83. The van der Waals surface area contributed by atoms with Crippen LogP contribution in [0, 0.1) is 0 Å². The van der Waals surface area contributed by atoms with Crippen molar-refractivity contribution < 1.29 is 28.6 Å². The molecule has 0 spiro atoms. The van der Waals surface area contributed by atoms with Gasteiger partial charge in [-0.15, -0.1) is 0 Å². The first-order valence-electron chi connectivity index (χ1n) is 12.0. The standard InChI is InChI=1S/C28H27NO6S3/c1-6-34-25(31)21-22(26(32)35-7-2)38-27(37-21)20-18-10-8-9-11-19(18)29(28(3,4)23(20)36)24(30)16-12-14-17(33-5)15-13-16/h8-15H,6-7H2,1-5H3. The highest BCUT2D eigenvalue weighted by molar-refractivity contribution is 8.29. The van der Waals surface area contributed by atoms with Crippen molar-refractivity contribution in [3.63, 3.8) is 0 Å². The van der Waals surface area contributed by atoms with Crippen molar-refractivity contribution in [3.8, 4) is 5.75 Å². The first-order valence-corrected chi connectivity index (χ1v) is 14.0. The second-order valence-electron chi connectivity index (χ2n) is 8.74. The van der Waals surface area contributed by atoms with Crippen LogP contribution in [0.15, 0.2) is 62.6 Å². The Labute approximate surface area is 235 Å². The highest BCUT2D eigenvalue weighted by Crippen LogP contribution is 2.56. The minimum absolute atomic E-state index is 0.173. The molecule has 0 saturated carbocycles. The van der Waals surface area contributed by atoms with Crippen LogP contribution < -0.4 is 9.64 Å². The Bertz CT molecular complexity index is 1350. The number of benzene rings is 2. The fourth-order valence-electron chi connectivity index (χ4n) is 4.20. The van der Waals surface area contributed by atoms with Crippen molar-refractivity contribution in [2.24, 2.45) is 0 Å². The van der Waals surface area contributed by atoms with Gasteiger partial charge in [0.1, 0.15) is 15.6 Å². The van der Waals surface area contributed by atoms with Gasteiger partial charge in [0.25, 0.3) is 5.91 Å². The third kappa shape index (κ3) is 5.00.